The van der Waals surface area contributed by atoms with E-state index in [1.54, 1.807) is 0 Å². The maximum Gasteiger partial charge on any atom is 0.277 e. The molecule has 0 aromatic rings. The van der Waals surface area contributed by atoms with Gasteiger partial charge < -0.3 is 0 Å². The van der Waals surface area contributed by atoms with E-state index < -0.39 is 11.4 Å². The molecular weight excluding hydrogens is 139 g/mol. The van der Waals surface area contributed by atoms with E-state index in [2.05, 4.69) is 0 Å². The molecule has 0 heterocycles. The summed E-state index contributed by atoms with van der Waals surface area (Å²) in [5, 5.41) is 0. The minimum absolute atomic E-state index is 0.0405. The molecule has 0 rings (SSSR count). The van der Waals surface area contributed by atoms with Gasteiger partial charge in [0, 0.05) is 13.6 Å². The Morgan fingerprint density at radius 1 is 1.38 bits per heavy atom. The molecule has 8 heavy (non-hydrogen) atoms. The molecule has 52 valence electrons. The third kappa shape index (κ3) is 2.42. The Labute approximate surface area is 48.8 Å². The Kier molecular flexibility index (Phi) is 2.62. The van der Waals surface area contributed by atoms with Crippen LogP contribution in [0.1, 0.15) is 6.92 Å². The van der Waals surface area contributed by atoms with Crippen molar-refractivity contribution in [3.8, 4) is 0 Å². The average molecular weight is 147 g/mol. The number of rotatable bonds is 2. The standard InChI is InChI=1S/C3H8F3NS/c1-3-7(2)8(4,5)6/h3H2,1-2H3. The van der Waals surface area contributed by atoms with Crippen LogP contribution in [0.3, 0.4) is 0 Å². The van der Waals surface area contributed by atoms with Crippen molar-refractivity contribution in [2.75, 3.05) is 13.6 Å². The Hall–Kier alpha value is 0.100. The zero-order valence-electron chi connectivity index (χ0n) is 4.70. The molecule has 0 fully saturated rings. The lowest BCUT2D eigenvalue weighted by atomic mass is 10.8. The molecule has 5 heteroatoms. The van der Waals surface area contributed by atoms with Gasteiger partial charge in [-0.2, -0.15) is 4.31 Å². The van der Waals surface area contributed by atoms with Gasteiger partial charge >= 0.3 is 0 Å². The molecule has 0 aliphatic heterocycles. The van der Waals surface area contributed by atoms with Crippen molar-refractivity contribution in [2.24, 2.45) is 0 Å². The van der Waals surface area contributed by atoms with Crippen molar-refractivity contribution >= 4 is 11.4 Å². The summed E-state index contributed by atoms with van der Waals surface area (Å²) in [6.07, 6.45) is 0. The molecule has 0 aliphatic carbocycles. The number of halogens is 3. The third-order valence-electron chi connectivity index (χ3n) is 0.799. The van der Waals surface area contributed by atoms with Crippen LogP contribution in [0, 0.1) is 0 Å². The highest BCUT2D eigenvalue weighted by atomic mass is 32.3. The van der Waals surface area contributed by atoms with Crippen LogP contribution in [0.2, 0.25) is 0 Å². The lowest BCUT2D eigenvalue weighted by Gasteiger charge is -2.19. The number of nitrogens with zero attached hydrogens (tertiary/aromatic N) is 1. The van der Waals surface area contributed by atoms with Gasteiger partial charge in [0.15, 0.2) is 0 Å². The molecule has 0 amide bonds. The van der Waals surface area contributed by atoms with Crippen LogP contribution in [-0.4, -0.2) is 17.9 Å². The van der Waals surface area contributed by atoms with Crippen LogP contribution in [0.25, 0.3) is 0 Å². The monoisotopic (exact) mass is 147 g/mol. The molecule has 0 N–H and O–H groups in total. The fraction of sp³-hybridized carbons (Fsp3) is 1.00. The van der Waals surface area contributed by atoms with Gasteiger partial charge in [0.2, 0.25) is 0 Å². The van der Waals surface area contributed by atoms with Gasteiger partial charge in [0.1, 0.15) is 0 Å². The van der Waals surface area contributed by atoms with E-state index in [1.807, 2.05) is 0 Å². The van der Waals surface area contributed by atoms with Gasteiger partial charge in [-0.25, -0.2) is 0 Å². The van der Waals surface area contributed by atoms with Crippen LogP contribution in [0.5, 0.6) is 0 Å². The van der Waals surface area contributed by atoms with Crippen molar-refractivity contribution in [1.29, 1.82) is 0 Å². The Bertz CT molecular complexity index is 71.4. The number of hydrogen-bond acceptors (Lipinski definition) is 1. The molecule has 0 aromatic heterocycles. The molecule has 0 atom stereocenters. The van der Waals surface area contributed by atoms with Gasteiger partial charge in [-0.3, -0.25) is 0 Å². The van der Waals surface area contributed by atoms with E-state index in [0.29, 0.717) is 4.31 Å². The van der Waals surface area contributed by atoms with E-state index in [4.69, 9.17) is 0 Å². The quantitative estimate of drug-likeness (QED) is 0.579. The first-order valence-electron chi connectivity index (χ1n) is 2.12. The van der Waals surface area contributed by atoms with Crippen molar-refractivity contribution in [1.82, 2.24) is 4.31 Å². The summed E-state index contributed by atoms with van der Waals surface area (Å²) >= 11 is -4.92. The van der Waals surface area contributed by atoms with Crippen LogP contribution in [-0.2, 0) is 0 Å². The Balaban J connectivity index is 3.62. The Morgan fingerprint density at radius 3 is 1.75 bits per heavy atom. The van der Waals surface area contributed by atoms with Gasteiger partial charge in [-0.05, 0) is 0 Å². The van der Waals surface area contributed by atoms with E-state index >= 15 is 0 Å². The average Bonchev–Trinajstić information content (AvgIpc) is 1.62. The second-order valence-corrected chi connectivity index (χ2v) is 2.71. The summed E-state index contributed by atoms with van der Waals surface area (Å²) in [7, 11) is 1.05. The smallest absolute Gasteiger partial charge is 0.196 e. The highest BCUT2D eigenvalue weighted by Crippen LogP contribution is 2.55. The van der Waals surface area contributed by atoms with E-state index in [-0.39, 0.29) is 6.54 Å². The molecule has 1 nitrogen and oxygen atoms in total. The van der Waals surface area contributed by atoms with Crippen LogP contribution >= 0.6 is 11.4 Å². The summed E-state index contributed by atoms with van der Waals surface area (Å²) in [6.45, 7) is 1.51. The lowest BCUT2D eigenvalue weighted by molar-refractivity contribution is 0.458. The van der Waals surface area contributed by atoms with Gasteiger partial charge in [0.05, 0.1) is 0 Å². The van der Waals surface area contributed by atoms with E-state index in [1.165, 1.54) is 6.92 Å². The summed E-state index contributed by atoms with van der Waals surface area (Å²) in [5.74, 6) is 0. The second kappa shape index (κ2) is 2.59. The third-order valence-corrected chi connectivity index (χ3v) is 1.76. The van der Waals surface area contributed by atoms with E-state index in [9.17, 15) is 11.7 Å². The fourth-order valence-electron chi connectivity index (χ4n) is 0.146. The molecule has 0 spiro atoms. The maximum absolute atomic E-state index is 11.5. The maximum atomic E-state index is 11.5. The molecule has 0 aliphatic rings. The first kappa shape index (κ1) is 8.10. The van der Waals surface area contributed by atoms with Crippen molar-refractivity contribution in [3.05, 3.63) is 0 Å². The summed E-state index contributed by atoms with van der Waals surface area (Å²) in [5.41, 5.74) is 0. The first-order valence-corrected chi connectivity index (χ1v) is 3.41. The summed E-state index contributed by atoms with van der Waals surface area (Å²) in [6, 6.07) is 0. The lowest BCUT2D eigenvalue weighted by Crippen LogP contribution is -2.13. The predicted molar refractivity (Wildman–Crippen MR) is 29.2 cm³/mol. The topological polar surface area (TPSA) is 3.24 Å². The van der Waals surface area contributed by atoms with Crippen LogP contribution < -0.4 is 0 Å². The van der Waals surface area contributed by atoms with Gasteiger partial charge in [-0.15, -0.1) is 11.7 Å². The highest BCUT2D eigenvalue weighted by molar-refractivity contribution is 8.18. The van der Waals surface area contributed by atoms with Crippen LogP contribution in [0.4, 0.5) is 11.7 Å². The molecule has 0 bridgehead atoms. The summed E-state index contributed by atoms with van der Waals surface area (Å²) in [4.78, 5) is 0. The zero-order chi connectivity index (χ0) is 6.78. The molecular formula is C3H8F3NS. The minimum atomic E-state index is -4.92. The Morgan fingerprint density at radius 2 is 1.75 bits per heavy atom. The van der Waals surface area contributed by atoms with Crippen LogP contribution in [0.15, 0.2) is 0 Å². The van der Waals surface area contributed by atoms with Crippen molar-refractivity contribution in [3.63, 3.8) is 0 Å². The fourth-order valence-corrected chi connectivity index (χ4v) is 0.439. The summed E-state index contributed by atoms with van der Waals surface area (Å²) < 4.78 is 34.8. The van der Waals surface area contributed by atoms with Gasteiger partial charge in [-0.1, -0.05) is 6.92 Å². The van der Waals surface area contributed by atoms with E-state index in [0.717, 1.165) is 7.05 Å². The molecule has 0 unspecified atom stereocenters. The zero-order valence-corrected chi connectivity index (χ0v) is 5.51. The number of hydrogen-bond donors (Lipinski definition) is 0. The highest BCUT2D eigenvalue weighted by Gasteiger charge is 2.25. The molecule has 0 radical (unpaired) electrons. The molecule has 0 saturated heterocycles. The largest absolute Gasteiger partial charge is 0.277 e. The van der Waals surface area contributed by atoms with Gasteiger partial charge in [0.25, 0.3) is 11.4 Å². The molecule has 0 aromatic carbocycles. The minimum Gasteiger partial charge on any atom is -0.196 e. The normalized spacial score (nSPS) is 14.8. The van der Waals surface area contributed by atoms with Crippen molar-refractivity contribution < 1.29 is 11.7 Å². The molecule has 0 saturated carbocycles. The second-order valence-electron chi connectivity index (χ2n) is 1.33. The SMILES string of the molecule is CCN(C)S(F)(F)F. The predicted octanol–water partition coefficient (Wildman–Crippen LogP) is 2.31. The first-order chi connectivity index (χ1) is 3.48. The van der Waals surface area contributed by atoms with Crippen molar-refractivity contribution in [2.45, 2.75) is 6.92 Å².